The second-order valence-electron chi connectivity index (χ2n) is 6.40. The number of likely N-dealkylation sites (tertiary alicyclic amines) is 1. The molecule has 1 atom stereocenters. The van der Waals surface area contributed by atoms with Crippen LogP contribution in [0, 0.1) is 0 Å². The quantitative estimate of drug-likeness (QED) is 0.774. The van der Waals surface area contributed by atoms with Gasteiger partial charge >= 0.3 is 0 Å². The van der Waals surface area contributed by atoms with Gasteiger partial charge in [-0.3, -0.25) is 15.0 Å². The van der Waals surface area contributed by atoms with E-state index in [1.807, 2.05) is 24.5 Å². The molecule has 1 aliphatic heterocycles. The van der Waals surface area contributed by atoms with Crippen LogP contribution >= 0.6 is 0 Å². The van der Waals surface area contributed by atoms with Gasteiger partial charge in [0.2, 0.25) is 5.88 Å². The van der Waals surface area contributed by atoms with Gasteiger partial charge in [0.15, 0.2) is 0 Å². The maximum Gasteiger partial charge on any atom is 0.237 e. The van der Waals surface area contributed by atoms with Crippen molar-refractivity contribution >= 4 is 0 Å². The van der Waals surface area contributed by atoms with Crippen LogP contribution in [0.3, 0.4) is 0 Å². The van der Waals surface area contributed by atoms with Gasteiger partial charge in [-0.25, -0.2) is 4.98 Å². The minimum absolute atomic E-state index is 0.509. The first-order valence-electron chi connectivity index (χ1n) is 8.61. The lowest BCUT2D eigenvalue weighted by molar-refractivity contribution is 0.200. The minimum atomic E-state index is 0.509. The van der Waals surface area contributed by atoms with Gasteiger partial charge in [0.05, 0.1) is 12.4 Å². The molecule has 4 rings (SSSR count). The highest BCUT2D eigenvalue weighted by molar-refractivity contribution is 5.30. The highest BCUT2D eigenvalue weighted by Gasteiger charge is 2.21. The fourth-order valence-corrected chi connectivity index (χ4v) is 3.34. The number of rotatable bonds is 5. The van der Waals surface area contributed by atoms with Crippen LogP contribution in [0.25, 0.3) is 0 Å². The van der Waals surface area contributed by atoms with E-state index >= 15 is 0 Å². The Hall–Kier alpha value is -2.73. The van der Waals surface area contributed by atoms with Crippen molar-refractivity contribution in [2.24, 2.45) is 0 Å². The summed E-state index contributed by atoms with van der Waals surface area (Å²) >= 11 is 0. The average Bonchev–Trinajstić information content (AvgIpc) is 3.19. The zero-order chi connectivity index (χ0) is 16.9. The van der Waals surface area contributed by atoms with Crippen LogP contribution in [0.4, 0.5) is 0 Å². The summed E-state index contributed by atoms with van der Waals surface area (Å²) < 4.78 is 5.69. The van der Waals surface area contributed by atoms with Gasteiger partial charge in [-0.2, -0.15) is 5.10 Å². The smallest absolute Gasteiger partial charge is 0.237 e. The van der Waals surface area contributed by atoms with E-state index in [2.05, 4.69) is 37.2 Å². The molecule has 3 aromatic rings. The number of ether oxygens (including phenoxy) is 1. The summed E-state index contributed by atoms with van der Waals surface area (Å²) in [5.41, 5.74) is 2.61. The van der Waals surface area contributed by atoms with E-state index < -0.39 is 0 Å². The summed E-state index contributed by atoms with van der Waals surface area (Å²) in [6.45, 7) is 3.18. The molecule has 6 nitrogen and oxygen atoms in total. The normalized spacial score (nSPS) is 18.2. The van der Waals surface area contributed by atoms with Crippen LogP contribution in [-0.2, 0) is 6.54 Å². The van der Waals surface area contributed by atoms with E-state index in [9.17, 15) is 0 Å². The van der Waals surface area contributed by atoms with Crippen molar-refractivity contribution in [1.82, 2.24) is 25.1 Å². The molecule has 6 heteroatoms. The monoisotopic (exact) mass is 335 g/mol. The van der Waals surface area contributed by atoms with Gasteiger partial charge in [-0.1, -0.05) is 12.1 Å². The van der Waals surface area contributed by atoms with Crippen molar-refractivity contribution in [3.8, 4) is 11.6 Å². The number of hydrogen-bond acceptors (Lipinski definition) is 5. The number of benzene rings is 1. The Balaban J connectivity index is 1.36. The van der Waals surface area contributed by atoms with E-state index in [-0.39, 0.29) is 0 Å². The summed E-state index contributed by atoms with van der Waals surface area (Å²) in [5, 5.41) is 7.01. The van der Waals surface area contributed by atoms with Crippen molar-refractivity contribution in [3.63, 3.8) is 0 Å². The summed E-state index contributed by atoms with van der Waals surface area (Å²) in [7, 11) is 0. The van der Waals surface area contributed by atoms with E-state index in [1.54, 1.807) is 18.6 Å². The van der Waals surface area contributed by atoms with Crippen LogP contribution in [-0.4, -0.2) is 38.2 Å². The summed E-state index contributed by atoms with van der Waals surface area (Å²) in [6, 6.07) is 8.21. The molecule has 1 unspecified atom stereocenters. The van der Waals surface area contributed by atoms with Gasteiger partial charge in [0.1, 0.15) is 5.75 Å². The first-order chi connectivity index (χ1) is 12.4. The molecule has 128 valence electrons. The van der Waals surface area contributed by atoms with Crippen molar-refractivity contribution in [3.05, 3.63) is 66.4 Å². The van der Waals surface area contributed by atoms with Crippen LogP contribution in [0.2, 0.25) is 0 Å². The second-order valence-corrected chi connectivity index (χ2v) is 6.40. The average molecular weight is 335 g/mol. The molecule has 0 aliphatic carbocycles. The SMILES string of the molecule is c1cnc(Oc2ccc(CN3CCCC(c4cn[nH]c4)C3)cc2)cn1. The van der Waals surface area contributed by atoms with Gasteiger partial charge in [0.25, 0.3) is 0 Å². The molecule has 1 aliphatic rings. The van der Waals surface area contributed by atoms with E-state index in [0.29, 0.717) is 11.8 Å². The molecule has 0 bridgehead atoms. The van der Waals surface area contributed by atoms with Crippen molar-refractivity contribution < 1.29 is 4.74 Å². The Morgan fingerprint density at radius 3 is 2.84 bits per heavy atom. The highest BCUT2D eigenvalue weighted by atomic mass is 16.5. The Morgan fingerprint density at radius 2 is 2.08 bits per heavy atom. The van der Waals surface area contributed by atoms with Crippen LogP contribution < -0.4 is 4.74 Å². The largest absolute Gasteiger partial charge is 0.438 e. The second kappa shape index (κ2) is 7.44. The van der Waals surface area contributed by atoms with Gasteiger partial charge in [0, 0.05) is 31.7 Å². The Morgan fingerprint density at radius 1 is 1.16 bits per heavy atom. The third-order valence-corrected chi connectivity index (χ3v) is 4.59. The molecule has 0 radical (unpaired) electrons. The number of aromatic nitrogens is 4. The Labute approximate surface area is 146 Å². The molecule has 1 saturated heterocycles. The summed E-state index contributed by atoms with van der Waals surface area (Å²) in [4.78, 5) is 10.6. The lowest BCUT2D eigenvalue weighted by Crippen LogP contribution is -2.33. The third kappa shape index (κ3) is 4.03. The third-order valence-electron chi connectivity index (χ3n) is 4.59. The van der Waals surface area contributed by atoms with E-state index in [4.69, 9.17) is 4.74 Å². The first kappa shape index (κ1) is 15.8. The lowest BCUT2D eigenvalue weighted by atomic mass is 9.92. The standard InChI is InChI=1S/C19H21N5O/c1-2-16(17-10-22-23-11-17)14-24(9-1)13-15-3-5-18(6-4-15)25-19-12-20-7-8-21-19/h3-8,10-12,16H,1-2,9,13-14H2,(H,22,23). The fraction of sp³-hybridized carbons (Fsp3) is 0.316. The fourth-order valence-electron chi connectivity index (χ4n) is 3.34. The minimum Gasteiger partial charge on any atom is -0.438 e. The predicted molar refractivity (Wildman–Crippen MR) is 94.4 cm³/mol. The highest BCUT2D eigenvalue weighted by Crippen LogP contribution is 2.27. The molecule has 1 N–H and O–H groups in total. The molecule has 25 heavy (non-hydrogen) atoms. The molecule has 1 fully saturated rings. The van der Waals surface area contributed by atoms with Crippen molar-refractivity contribution in [2.45, 2.75) is 25.3 Å². The number of H-pyrrole nitrogens is 1. The van der Waals surface area contributed by atoms with Crippen LogP contribution in [0.15, 0.2) is 55.2 Å². The van der Waals surface area contributed by atoms with Crippen LogP contribution in [0.5, 0.6) is 11.6 Å². The molecule has 2 aromatic heterocycles. The van der Waals surface area contributed by atoms with Gasteiger partial charge < -0.3 is 4.74 Å². The molecule has 0 saturated carbocycles. The first-order valence-corrected chi connectivity index (χ1v) is 8.61. The van der Waals surface area contributed by atoms with Crippen molar-refractivity contribution in [1.29, 1.82) is 0 Å². The molecule has 1 aromatic carbocycles. The Kier molecular flexibility index (Phi) is 4.70. The molecule has 3 heterocycles. The maximum atomic E-state index is 5.69. The van der Waals surface area contributed by atoms with Gasteiger partial charge in [-0.05, 0) is 48.6 Å². The number of aromatic amines is 1. The predicted octanol–water partition coefficient (Wildman–Crippen LogP) is 3.37. The van der Waals surface area contributed by atoms with E-state index in [0.717, 1.165) is 25.4 Å². The van der Waals surface area contributed by atoms with Crippen LogP contribution in [0.1, 0.15) is 29.9 Å². The topological polar surface area (TPSA) is 66.9 Å². The zero-order valence-electron chi connectivity index (χ0n) is 14.0. The van der Waals surface area contributed by atoms with E-state index in [1.165, 1.54) is 24.0 Å². The molecular formula is C19H21N5O. The molecule has 0 spiro atoms. The maximum absolute atomic E-state index is 5.69. The molecular weight excluding hydrogens is 314 g/mol. The van der Waals surface area contributed by atoms with Gasteiger partial charge in [-0.15, -0.1) is 0 Å². The van der Waals surface area contributed by atoms with Crippen molar-refractivity contribution in [2.75, 3.05) is 13.1 Å². The molecule has 0 amide bonds. The number of nitrogens with zero attached hydrogens (tertiary/aromatic N) is 4. The Bertz CT molecular complexity index is 773. The summed E-state index contributed by atoms with van der Waals surface area (Å²) in [5.74, 6) is 1.86. The number of nitrogens with one attached hydrogen (secondary N) is 1. The lowest BCUT2D eigenvalue weighted by Gasteiger charge is -2.32. The summed E-state index contributed by atoms with van der Waals surface area (Å²) in [6.07, 6.45) is 11.3. The number of hydrogen-bond donors (Lipinski definition) is 1. The zero-order valence-corrected chi connectivity index (χ0v) is 14.0. The number of piperidine rings is 1.